The summed E-state index contributed by atoms with van der Waals surface area (Å²) in [5.41, 5.74) is 3.32. The van der Waals surface area contributed by atoms with Crippen LogP contribution in [0.15, 0.2) is 84.7 Å². The molecule has 0 bridgehead atoms. The fraction of sp³-hybridized carbons (Fsp3) is 0.393. The minimum atomic E-state index is -1.56. The number of ether oxygens (including phenoxy) is 1. The van der Waals surface area contributed by atoms with E-state index >= 15 is 0 Å². The van der Waals surface area contributed by atoms with Gasteiger partial charge in [0.2, 0.25) is 0 Å². The second-order valence-electron chi connectivity index (χ2n) is 8.85. The molecule has 9 heteroatoms. The molecule has 0 unspecified atom stereocenters. The average molecular weight is 526 g/mol. The molecule has 2 aliphatic heterocycles. The Kier molecular flexibility index (Phi) is 9.49. The molecule has 0 N–H and O–H groups in total. The van der Waals surface area contributed by atoms with Crippen LogP contribution in [-0.2, 0) is 18.3 Å². The first-order chi connectivity index (χ1) is 18.0. The van der Waals surface area contributed by atoms with Crippen molar-refractivity contribution in [2.75, 3.05) is 34.4 Å². The van der Waals surface area contributed by atoms with E-state index in [1.807, 2.05) is 38.3 Å². The van der Waals surface area contributed by atoms with Gasteiger partial charge in [-0.25, -0.2) is 4.79 Å². The molecular weight excluding hydrogens is 489 g/mol. The van der Waals surface area contributed by atoms with Gasteiger partial charge < -0.3 is 13.8 Å². The van der Waals surface area contributed by atoms with Gasteiger partial charge in [-0.05, 0) is 45.1 Å². The number of likely N-dealkylation sites (N-methyl/N-ethyl adjacent to an activating group) is 2. The van der Waals surface area contributed by atoms with Crippen LogP contribution in [0.25, 0.3) is 0 Å². The van der Waals surface area contributed by atoms with Crippen molar-refractivity contribution in [3.8, 4) is 0 Å². The Bertz CT molecular complexity index is 1030. The second-order valence-corrected chi connectivity index (χ2v) is 10.0. The maximum atomic E-state index is 12.5. The van der Waals surface area contributed by atoms with Crippen LogP contribution in [0, 0.1) is 0 Å². The van der Waals surface area contributed by atoms with Crippen LogP contribution in [0.5, 0.6) is 0 Å². The van der Waals surface area contributed by atoms with Crippen LogP contribution in [0.1, 0.15) is 37.1 Å². The van der Waals surface area contributed by atoms with E-state index in [-0.39, 0.29) is 18.2 Å². The maximum absolute atomic E-state index is 12.5. The van der Waals surface area contributed by atoms with Crippen LogP contribution in [0.2, 0.25) is 0 Å². The van der Waals surface area contributed by atoms with Crippen molar-refractivity contribution in [2.24, 2.45) is 0 Å². The van der Waals surface area contributed by atoms with Crippen molar-refractivity contribution in [3.63, 3.8) is 0 Å². The van der Waals surface area contributed by atoms with E-state index in [0.717, 1.165) is 5.57 Å². The summed E-state index contributed by atoms with van der Waals surface area (Å²) in [6.07, 6.45) is 4.24. The van der Waals surface area contributed by atoms with Gasteiger partial charge in [0.15, 0.2) is 0 Å². The Morgan fingerprint density at radius 3 is 1.84 bits per heavy atom. The highest BCUT2D eigenvalue weighted by Crippen LogP contribution is 2.50. The van der Waals surface area contributed by atoms with Crippen LogP contribution >= 0.6 is 8.60 Å². The van der Waals surface area contributed by atoms with Crippen LogP contribution in [-0.4, -0.2) is 67.5 Å². The first-order valence-corrected chi connectivity index (χ1v) is 13.6. The summed E-state index contributed by atoms with van der Waals surface area (Å²) in [6, 6.07) is 21.2. The number of hydrogen-bond donors (Lipinski definition) is 0. The van der Waals surface area contributed by atoms with Crippen LogP contribution in [0.3, 0.4) is 0 Å². The lowest BCUT2D eigenvalue weighted by Crippen LogP contribution is -2.43. The molecule has 2 heterocycles. The van der Waals surface area contributed by atoms with Gasteiger partial charge in [0.1, 0.15) is 6.10 Å². The monoisotopic (exact) mass is 525 g/mol. The summed E-state index contributed by atoms with van der Waals surface area (Å²) in [4.78, 5) is 18.6. The number of carbonyl (C=O) groups is 1. The number of rotatable bonds is 9. The third kappa shape index (κ3) is 5.96. The second kappa shape index (κ2) is 12.8. The van der Waals surface area contributed by atoms with E-state index in [1.165, 1.54) is 23.1 Å². The Hall–Kier alpha value is -2.58. The van der Waals surface area contributed by atoms with Gasteiger partial charge in [-0.15, -0.1) is 0 Å². The first-order valence-electron chi connectivity index (χ1n) is 12.5. The predicted octanol–water partition coefficient (Wildman–Crippen LogP) is 5.84. The Morgan fingerprint density at radius 2 is 1.38 bits per heavy atom. The summed E-state index contributed by atoms with van der Waals surface area (Å²) in [7, 11) is 4.05. The molecule has 2 aromatic carbocycles. The van der Waals surface area contributed by atoms with Crippen molar-refractivity contribution >= 4 is 14.7 Å². The molecule has 2 aliphatic rings. The summed E-state index contributed by atoms with van der Waals surface area (Å²) in [6.45, 7) is 4.78. The molecule has 0 saturated carbocycles. The summed E-state index contributed by atoms with van der Waals surface area (Å²) < 4.78 is 22.9. The molecular formula is C28H36N3O5P. The van der Waals surface area contributed by atoms with Gasteiger partial charge in [-0.3, -0.25) is 19.2 Å². The average Bonchev–Trinajstić information content (AvgIpc) is 3.19. The number of amides is 1. The molecule has 0 spiro atoms. The minimum Gasteiger partial charge on any atom is -0.452 e. The molecule has 4 rings (SSSR count). The van der Waals surface area contributed by atoms with Gasteiger partial charge >= 0.3 is 14.7 Å². The van der Waals surface area contributed by atoms with Gasteiger partial charge in [0.05, 0.1) is 38.6 Å². The molecule has 37 heavy (non-hydrogen) atoms. The number of carbonyl (C=O) groups excluding carboxylic acids is 1. The smallest absolute Gasteiger partial charge is 0.417 e. The highest BCUT2D eigenvalue weighted by Gasteiger charge is 2.48. The number of methoxy groups -OCH3 is 1. The number of benzene rings is 2. The quantitative estimate of drug-likeness (QED) is 0.381. The molecule has 0 aromatic heterocycles. The zero-order valence-corrected chi connectivity index (χ0v) is 23.0. The zero-order valence-electron chi connectivity index (χ0n) is 22.1. The van der Waals surface area contributed by atoms with Crippen LogP contribution < -0.4 is 0 Å². The largest absolute Gasteiger partial charge is 0.452 e. The SMILES string of the molecule is CCOP(OCC)O[C@@H]1C=CN(C(=O)OC)C=C1C1N(C)[C@@H](c2ccccc2)[C@H](c2ccccc2)N1C. The van der Waals surface area contributed by atoms with Gasteiger partial charge in [-0.2, -0.15) is 0 Å². The standard InChI is InChI=1S/C28H36N3O5P/c1-6-34-37(35-7-2)36-24-18-19-31(28(32)33-5)20-23(24)27-29(3)25(21-14-10-8-11-15-21)26(30(27)4)22-16-12-9-13-17-22/h8-20,24-27H,6-7H2,1-5H3/t24-,25+,26+/m1/s1. The fourth-order valence-electron chi connectivity index (χ4n) is 5.13. The molecule has 198 valence electrons. The van der Waals surface area contributed by atoms with Gasteiger partial charge in [0.25, 0.3) is 0 Å². The van der Waals surface area contributed by atoms with E-state index in [4.69, 9.17) is 18.3 Å². The third-order valence-corrected chi connectivity index (χ3v) is 7.96. The highest BCUT2D eigenvalue weighted by molar-refractivity contribution is 7.41. The van der Waals surface area contributed by atoms with E-state index in [9.17, 15) is 4.79 Å². The van der Waals surface area contributed by atoms with Gasteiger partial charge in [-0.1, -0.05) is 60.7 Å². The molecule has 8 nitrogen and oxygen atoms in total. The van der Waals surface area contributed by atoms with E-state index in [0.29, 0.717) is 13.2 Å². The molecule has 1 saturated heterocycles. The molecule has 0 radical (unpaired) electrons. The van der Waals surface area contributed by atoms with Crippen LogP contribution in [0.4, 0.5) is 4.79 Å². The van der Waals surface area contributed by atoms with Crippen molar-refractivity contribution in [2.45, 2.75) is 38.2 Å². The molecule has 3 atom stereocenters. The Balaban J connectivity index is 1.76. The van der Waals surface area contributed by atoms with Crippen molar-refractivity contribution < 1.29 is 23.1 Å². The van der Waals surface area contributed by atoms with E-state index < -0.39 is 20.8 Å². The predicted molar refractivity (Wildman–Crippen MR) is 144 cm³/mol. The van der Waals surface area contributed by atoms with E-state index in [1.54, 1.807) is 6.20 Å². The summed E-state index contributed by atoms with van der Waals surface area (Å²) in [5.74, 6) is 0. The van der Waals surface area contributed by atoms with Crippen molar-refractivity contribution in [1.82, 2.24) is 14.7 Å². The normalized spacial score (nSPS) is 23.0. The summed E-state index contributed by atoms with van der Waals surface area (Å²) in [5, 5.41) is 0. The first kappa shape index (κ1) is 27.5. The third-order valence-electron chi connectivity index (χ3n) is 6.62. The zero-order chi connectivity index (χ0) is 26.4. The lowest BCUT2D eigenvalue weighted by atomic mass is 9.93. The number of hydrogen-bond acceptors (Lipinski definition) is 7. The molecule has 2 aromatic rings. The topological polar surface area (TPSA) is 63.7 Å². The minimum absolute atomic E-state index is 0.0675. The van der Waals surface area contributed by atoms with E-state index in [2.05, 4.69) is 72.4 Å². The Labute approximate surface area is 221 Å². The lowest BCUT2D eigenvalue weighted by Gasteiger charge is -2.36. The molecule has 0 aliphatic carbocycles. The van der Waals surface area contributed by atoms with Gasteiger partial charge in [0, 0.05) is 18.0 Å². The van der Waals surface area contributed by atoms with Crippen molar-refractivity contribution in [3.05, 3.63) is 95.8 Å². The maximum Gasteiger partial charge on any atom is 0.417 e. The summed E-state index contributed by atoms with van der Waals surface area (Å²) >= 11 is 0. The Morgan fingerprint density at radius 1 is 0.865 bits per heavy atom. The number of nitrogens with zero attached hydrogens (tertiary/aromatic N) is 3. The van der Waals surface area contributed by atoms with Crippen molar-refractivity contribution in [1.29, 1.82) is 0 Å². The molecule has 1 amide bonds. The highest BCUT2D eigenvalue weighted by atomic mass is 31.2. The fourth-order valence-corrected chi connectivity index (χ4v) is 6.13. The molecule has 1 fully saturated rings. The lowest BCUT2D eigenvalue weighted by molar-refractivity contribution is 0.122.